The zero-order chi connectivity index (χ0) is 13.4. The smallest absolute Gasteiger partial charge is 0.313 e. The summed E-state index contributed by atoms with van der Waals surface area (Å²) in [7, 11) is 1.55. The van der Waals surface area contributed by atoms with Crippen molar-refractivity contribution in [3.8, 4) is 5.75 Å². The summed E-state index contributed by atoms with van der Waals surface area (Å²) < 4.78 is 4.98. The van der Waals surface area contributed by atoms with Crippen LogP contribution >= 0.6 is 11.6 Å². The van der Waals surface area contributed by atoms with Crippen LogP contribution in [0.15, 0.2) is 24.3 Å². The van der Waals surface area contributed by atoms with Crippen LogP contribution in [0.4, 0.5) is 5.69 Å². The molecule has 0 fully saturated rings. The zero-order valence-electron chi connectivity index (χ0n) is 10.0. The first-order valence-corrected chi connectivity index (χ1v) is 6.00. The van der Waals surface area contributed by atoms with E-state index < -0.39 is 11.8 Å². The van der Waals surface area contributed by atoms with E-state index in [9.17, 15) is 9.59 Å². The highest BCUT2D eigenvalue weighted by Gasteiger charge is 2.12. The first-order valence-electron chi connectivity index (χ1n) is 5.46. The number of benzene rings is 1. The molecule has 0 aromatic heterocycles. The SMILES string of the molecule is COc1ccc(NC(=O)C(=O)NCCCCl)cc1. The Bertz CT molecular complexity index is 406. The predicted molar refractivity (Wildman–Crippen MR) is 70.0 cm³/mol. The zero-order valence-corrected chi connectivity index (χ0v) is 10.8. The van der Waals surface area contributed by atoms with Crippen molar-refractivity contribution in [2.45, 2.75) is 6.42 Å². The number of hydrogen-bond donors (Lipinski definition) is 2. The van der Waals surface area contributed by atoms with Crippen LogP contribution in [0.5, 0.6) is 5.75 Å². The van der Waals surface area contributed by atoms with Crippen LogP contribution in [0, 0.1) is 0 Å². The van der Waals surface area contributed by atoms with Gasteiger partial charge in [0.25, 0.3) is 0 Å². The Labute approximate surface area is 110 Å². The van der Waals surface area contributed by atoms with Crippen LogP contribution in [0.2, 0.25) is 0 Å². The van der Waals surface area contributed by atoms with Crippen molar-refractivity contribution in [3.05, 3.63) is 24.3 Å². The van der Waals surface area contributed by atoms with Crippen LogP contribution in [0.1, 0.15) is 6.42 Å². The third-order valence-electron chi connectivity index (χ3n) is 2.15. The number of amides is 2. The Morgan fingerprint density at radius 2 is 1.89 bits per heavy atom. The highest BCUT2D eigenvalue weighted by Crippen LogP contribution is 2.14. The second-order valence-electron chi connectivity index (χ2n) is 3.48. The van der Waals surface area contributed by atoms with Gasteiger partial charge in [-0.25, -0.2) is 0 Å². The maximum atomic E-state index is 11.5. The molecule has 5 nitrogen and oxygen atoms in total. The molecule has 0 unspecified atom stereocenters. The average molecular weight is 271 g/mol. The molecule has 1 aromatic carbocycles. The number of carbonyl (C=O) groups excluding carboxylic acids is 2. The van der Waals surface area contributed by atoms with Crippen LogP contribution in [-0.4, -0.2) is 31.3 Å². The van der Waals surface area contributed by atoms with Gasteiger partial charge in [-0.05, 0) is 30.7 Å². The molecule has 0 radical (unpaired) electrons. The molecule has 1 rings (SSSR count). The third-order valence-corrected chi connectivity index (χ3v) is 2.42. The first-order chi connectivity index (χ1) is 8.67. The van der Waals surface area contributed by atoms with E-state index in [-0.39, 0.29) is 0 Å². The van der Waals surface area contributed by atoms with Crippen molar-refractivity contribution in [1.82, 2.24) is 5.32 Å². The summed E-state index contributed by atoms with van der Waals surface area (Å²) in [5.41, 5.74) is 0.535. The summed E-state index contributed by atoms with van der Waals surface area (Å²) in [5.74, 6) is -0.245. The molecule has 0 aliphatic carbocycles. The molecule has 6 heteroatoms. The van der Waals surface area contributed by atoms with Gasteiger partial charge in [0.05, 0.1) is 7.11 Å². The Balaban J connectivity index is 2.45. The van der Waals surface area contributed by atoms with Crippen molar-refractivity contribution in [3.63, 3.8) is 0 Å². The van der Waals surface area contributed by atoms with E-state index in [1.165, 1.54) is 0 Å². The second-order valence-corrected chi connectivity index (χ2v) is 3.86. The molecule has 2 amide bonds. The molecule has 18 heavy (non-hydrogen) atoms. The van der Waals surface area contributed by atoms with Gasteiger partial charge in [-0.2, -0.15) is 0 Å². The molecule has 2 N–H and O–H groups in total. The highest BCUT2D eigenvalue weighted by atomic mass is 35.5. The van der Waals surface area contributed by atoms with Crippen molar-refractivity contribution in [1.29, 1.82) is 0 Å². The van der Waals surface area contributed by atoms with Crippen LogP contribution in [0.25, 0.3) is 0 Å². The molecule has 0 atom stereocenters. The first kappa shape index (κ1) is 14.3. The fourth-order valence-electron chi connectivity index (χ4n) is 1.21. The van der Waals surface area contributed by atoms with Crippen LogP contribution in [0.3, 0.4) is 0 Å². The number of halogens is 1. The minimum atomic E-state index is -0.699. The number of rotatable bonds is 5. The molecule has 1 aromatic rings. The second kappa shape index (κ2) is 7.55. The van der Waals surface area contributed by atoms with E-state index in [0.29, 0.717) is 30.3 Å². The number of alkyl halides is 1. The van der Waals surface area contributed by atoms with Crippen LogP contribution in [-0.2, 0) is 9.59 Å². The minimum absolute atomic E-state index is 0.387. The maximum absolute atomic E-state index is 11.5. The number of anilines is 1. The molecule has 0 spiro atoms. The number of carbonyl (C=O) groups is 2. The fraction of sp³-hybridized carbons (Fsp3) is 0.333. The summed E-state index contributed by atoms with van der Waals surface area (Å²) >= 11 is 5.46. The molecule has 0 aliphatic rings. The summed E-state index contributed by atoms with van der Waals surface area (Å²) in [4.78, 5) is 22.8. The lowest BCUT2D eigenvalue weighted by molar-refractivity contribution is -0.136. The van der Waals surface area contributed by atoms with Crippen molar-refractivity contribution in [2.24, 2.45) is 0 Å². The fourth-order valence-corrected chi connectivity index (χ4v) is 1.34. The lowest BCUT2D eigenvalue weighted by Gasteiger charge is -2.06. The van der Waals surface area contributed by atoms with E-state index in [4.69, 9.17) is 16.3 Å². The number of hydrogen-bond acceptors (Lipinski definition) is 3. The minimum Gasteiger partial charge on any atom is -0.497 e. The van der Waals surface area contributed by atoms with Crippen LogP contribution < -0.4 is 15.4 Å². The lowest BCUT2D eigenvalue weighted by Crippen LogP contribution is -2.36. The molecule has 0 aliphatic heterocycles. The largest absolute Gasteiger partial charge is 0.497 e. The van der Waals surface area contributed by atoms with Gasteiger partial charge in [-0.3, -0.25) is 9.59 Å². The van der Waals surface area contributed by atoms with E-state index in [1.54, 1.807) is 31.4 Å². The maximum Gasteiger partial charge on any atom is 0.313 e. The Kier molecular flexibility index (Phi) is 6.00. The average Bonchev–Trinajstić information content (AvgIpc) is 2.39. The van der Waals surface area contributed by atoms with Gasteiger partial charge in [0.2, 0.25) is 0 Å². The van der Waals surface area contributed by atoms with E-state index in [1.807, 2.05) is 0 Å². The summed E-state index contributed by atoms with van der Waals surface area (Å²) in [6.07, 6.45) is 0.628. The van der Waals surface area contributed by atoms with Gasteiger partial charge in [0.15, 0.2) is 0 Å². The molecule has 0 saturated heterocycles. The van der Waals surface area contributed by atoms with E-state index in [2.05, 4.69) is 10.6 Å². The quantitative estimate of drug-likeness (QED) is 0.483. The van der Waals surface area contributed by atoms with Gasteiger partial charge in [0.1, 0.15) is 5.75 Å². The Hall–Kier alpha value is -1.75. The monoisotopic (exact) mass is 270 g/mol. The number of methoxy groups -OCH3 is 1. The molecule has 0 saturated carbocycles. The predicted octanol–water partition coefficient (Wildman–Crippen LogP) is 1.38. The van der Waals surface area contributed by atoms with E-state index >= 15 is 0 Å². The van der Waals surface area contributed by atoms with Crippen molar-refractivity contribution in [2.75, 3.05) is 24.9 Å². The lowest BCUT2D eigenvalue weighted by atomic mass is 10.3. The molecule has 0 bridgehead atoms. The van der Waals surface area contributed by atoms with Gasteiger partial charge < -0.3 is 15.4 Å². The van der Waals surface area contributed by atoms with Gasteiger partial charge in [-0.1, -0.05) is 0 Å². The molecule has 0 heterocycles. The summed E-state index contributed by atoms with van der Waals surface area (Å²) in [6.45, 7) is 0.387. The van der Waals surface area contributed by atoms with E-state index in [0.717, 1.165) is 0 Å². The number of ether oxygens (including phenoxy) is 1. The molecular weight excluding hydrogens is 256 g/mol. The van der Waals surface area contributed by atoms with Gasteiger partial charge in [-0.15, -0.1) is 11.6 Å². The van der Waals surface area contributed by atoms with Crippen molar-refractivity contribution >= 4 is 29.1 Å². The summed E-state index contributed by atoms with van der Waals surface area (Å²) in [5, 5.41) is 4.95. The highest BCUT2D eigenvalue weighted by molar-refractivity contribution is 6.39. The normalized spacial score (nSPS) is 9.67. The molecular formula is C12H15ClN2O3. The summed E-state index contributed by atoms with van der Waals surface area (Å²) in [6, 6.07) is 6.70. The van der Waals surface area contributed by atoms with Crippen molar-refractivity contribution < 1.29 is 14.3 Å². The Morgan fingerprint density at radius 3 is 2.44 bits per heavy atom. The van der Waals surface area contributed by atoms with Gasteiger partial charge in [0, 0.05) is 18.1 Å². The molecule has 98 valence electrons. The number of nitrogens with one attached hydrogen (secondary N) is 2. The third kappa shape index (κ3) is 4.63. The standard InChI is InChI=1S/C12H15ClN2O3/c1-18-10-5-3-9(4-6-10)15-12(17)11(16)14-8-2-7-13/h3-6H,2,7-8H2,1H3,(H,14,16)(H,15,17). The van der Waals surface area contributed by atoms with Gasteiger partial charge >= 0.3 is 11.8 Å². The Morgan fingerprint density at radius 1 is 1.22 bits per heavy atom. The topological polar surface area (TPSA) is 67.4 Å².